The summed E-state index contributed by atoms with van der Waals surface area (Å²) in [5, 5.41) is 19.0. The zero-order valence-corrected chi connectivity index (χ0v) is 13.1. The number of aliphatic carboxylic acids is 1. The first kappa shape index (κ1) is 16.8. The molecule has 7 nitrogen and oxygen atoms in total. The highest BCUT2D eigenvalue weighted by atomic mass is 32.2. The van der Waals surface area contributed by atoms with Gasteiger partial charge in [-0.25, -0.2) is 9.89 Å². The lowest BCUT2D eigenvalue weighted by molar-refractivity contribution is -0.144. The standard InChI is InChI=1S/C12H22N4O3S/c1-8(2)16-10(19)14-15-11(16)20-7-5-6-12(3,13-4)9(17)18/h8,13H,5-7H2,1-4H3,(H,14,19)(H,17,18). The van der Waals surface area contributed by atoms with E-state index in [0.717, 1.165) is 0 Å². The first-order valence-electron chi connectivity index (χ1n) is 6.54. The summed E-state index contributed by atoms with van der Waals surface area (Å²) in [6, 6.07) is 0.0466. The van der Waals surface area contributed by atoms with Gasteiger partial charge in [0.2, 0.25) is 0 Å². The largest absolute Gasteiger partial charge is 0.480 e. The van der Waals surface area contributed by atoms with Gasteiger partial charge in [-0.05, 0) is 40.7 Å². The number of H-pyrrole nitrogens is 1. The molecule has 0 radical (unpaired) electrons. The van der Waals surface area contributed by atoms with E-state index in [1.54, 1.807) is 18.5 Å². The molecule has 0 aliphatic carbocycles. The van der Waals surface area contributed by atoms with Crippen LogP contribution in [0.4, 0.5) is 0 Å². The number of hydrogen-bond donors (Lipinski definition) is 3. The Hall–Kier alpha value is -1.28. The summed E-state index contributed by atoms with van der Waals surface area (Å²) in [6.45, 7) is 5.51. The van der Waals surface area contributed by atoms with Crippen LogP contribution in [0, 0.1) is 0 Å². The predicted octanol–water partition coefficient (Wildman–Crippen LogP) is 1.09. The smallest absolute Gasteiger partial charge is 0.344 e. The summed E-state index contributed by atoms with van der Waals surface area (Å²) in [5.74, 6) is -0.148. The minimum atomic E-state index is -0.913. The fourth-order valence-electron chi connectivity index (χ4n) is 1.78. The maximum Gasteiger partial charge on any atom is 0.344 e. The fourth-order valence-corrected chi connectivity index (χ4v) is 2.79. The van der Waals surface area contributed by atoms with Gasteiger partial charge in [0.05, 0.1) is 0 Å². The predicted molar refractivity (Wildman–Crippen MR) is 78.3 cm³/mol. The van der Waals surface area contributed by atoms with Crippen LogP contribution < -0.4 is 11.0 Å². The van der Waals surface area contributed by atoms with Crippen LogP contribution in [0.15, 0.2) is 9.95 Å². The lowest BCUT2D eigenvalue weighted by Gasteiger charge is -2.23. The first-order valence-corrected chi connectivity index (χ1v) is 7.52. The highest BCUT2D eigenvalue weighted by Crippen LogP contribution is 2.20. The number of carboxylic acids is 1. The molecule has 0 spiro atoms. The van der Waals surface area contributed by atoms with E-state index in [-0.39, 0.29) is 11.7 Å². The van der Waals surface area contributed by atoms with Crippen molar-refractivity contribution in [2.24, 2.45) is 0 Å². The summed E-state index contributed by atoms with van der Waals surface area (Å²) in [4.78, 5) is 22.7. The molecule has 1 atom stereocenters. The Balaban J connectivity index is 2.54. The van der Waals surface area contributed by atoms with Gasteiger partial charge < -0.3 is 10.4 Å². The molecule has 0 saturated heterocycles. The Morgan fingerprint density at radius 1 is 1.60 bits per heavy atom. The van der Waals surface area contributed by atoms with Crippen LogP contribution in [0.5, 0.6) is 0 Å². The number of nitrogens with zero attached hydrogens (tertiary/aromatic N) is 2. The minimum absolute atomic E-state index is 0.0466. The molecule has 1 rings (SSSR count). The Morgan fingerprint density at radius 3 is 2.75 bits per heavy atom. The summed E-state index contributed by atoms with van der Waals surface area (Å²) in [6.07, 6.45) is 1.23. The number of aromatic amines is 1. The molecule has 1 aromatic heterocycles. The van der Waals surface area contributed by atoms with Gasteiger partial charge in [-0.1, -0.05) is 11.8 Å². The zero-order valence-electron chi connectivity index (χ0n) is 12.3. The van der Waals surface area contributed by atoms with Crippen LogP contribution in [0.25, 0.3) is 0 Å². The third-order valence-corrected chi connectivity index (χ3v) is 4.30. The van der Waals surface area contributed by atoms with Gasteiger partial charge >= 0.3 is 11.7 Å². The molecular formula is C12H22N4O3S. The number of carboxylic acid groups (broad SMARTS) is 1. The second-order valence-electron chi connectivity index (χ2n) is 5.11. The molecule has 8 heteroatoms. The van der Waals surface area contributed by atoms with Gasteiger partial charge in [0.15, 0.2) is 5.16 Å². The van der Waals surface area contributed by atoms with Crippen LogP contribution in [-0.2, 0) is 4.79 Å². The van der Waals surface area contributed by atoms with Crippen LogP contribution in [0.2, 0.25) is 0 Å². The maximum atomic E-state index is 11.6. The molecule has 20 heavy (non-hydrogen) atoms. The van der Waals surface area contributed by atoms with Crippen molar-refractivity contribution in [3.05, 3.63) is 10.5 Å². The lowest BCUT2D eigenvalue weighted by Crippen LogP contribution is -2.47. The molecule has 0 aliphatic rings. The monoisotopic (exact) mass is 302 g/mol. The van der Waals surface area contributed by atoms with E-state index >= 15 is 0 Å². The Bertz CT molecular complexity index is 511. The van der Waals surface area contributed by atoms with Gasteiger partial charge in [-0.2, -0.15) is 0 Å². The molecule has 1 aromatic rings. The zero-order chi connectivity index (χ0) is 15.3. The molecule has 1 unspecified atom stereocenters. The van der Waals surface area contributed by atoms with Crippen molar-refractivity contribution in [3.63, 3.8) is 0 Å². The van der Waals surface area contributed by atoms with Crippen LogP contribution in [0.1, 0.15) is 39.7 Å². The van der Waals surface area contributed by atoms with Crippen molar-refractivity contribution in [1.29, 1.82) is 0 Å². The van der Waals surface area contributed by atoms with Crippen molar-refractivity contribution in [1.82, 2.24) is 20.1 Å². The molecule has 3 N–H and O–H groups in total. The third kappa shape index (κ3) is 3.86. The van der Waals surface area contributed by atoms with Gasteiger partial charge in [-0.15, -0.1) is 5.10 Å². The van der Waals surface area contributed by atoms with Gasteiger partial charge in [0.25, 0.3) is 0 Å². The summed E-state index contributed by atoms with van der Waals surface area (Å²) in [5.41, 5.74) is -1.13. The van der Waals surface area contributed by atoms with E-state index in [1.165, 1.54) is 11.8 Å². The molecule has 0 fully saturated rings. The van der Waals surface area contributed by atoms with E-state index in [9.17, 15) is 9.59 Å². The summed E-state index contributed by atoms with van der Waals surface area (Å²) >= 11 is 1.46. The highest BCUT2D eigenvalue weighted by molar-refractivity contribution is 7.99. The normalized spacial score (nSPS) is 14.4. The molecule has 0 aliphatic heterocycles. The summed E-state index contributed by atoms with van der Waals surface area (Å²) in [7, 11) is 1.64. The highest BCUT2D eigenvalue weighted by Gasteiger charge is 2.30. The average Bonchev–Trinajstić information content (AvgIpc) is 2.75. The number of thioether (sulfide) groups is 1. The number of carbonyl (C=O) groups is 1. The number of hydrogen-bond acceptors (Lipinski definition) is 5. The third-order valence-electron chi connectivity index (χ3n) is 3.26. The average molecular weight is 302 g/mol. The van der Waals surface area contributed by atoms with Crippen molar-refractivity contribution in [2.45, 2.75) is 50.4 Å². The van der Waals surface area contributed by atoms with Gasteiger partial charge in [0, 0.05) is 11.8 Å². The van der Waals surface area contributed by atoms with Crippen molar-refractivity contribution >= 4 is 17.7 Å². The van der Waals surface area contributed by atoms with Crippen molar-refractivity contribution in [2.75, 3.05) is 12.8 Å². The minimum Gasteiger partial charge on any atom is -0.480 e. The first-order chi connectivity index (χ1) is 9.31. The number of likely N-dealkylation sites (N-methyl/N-ethyl adjacent to an activating group) is 1. The fraction of sp³-hybridized carbons (Fsp3) is 0.750. The van der Waals surface area contributed by atoms with Crippen LogP contribution in [-0.4, -0.2) is 44.2 Å². The van der Waals surface area contributed by atoms with Gasteiger partial charge in [0.1, 0.15) is 5.54 Å². The molecule has 1 heterocycles. The molecule has 0 saturated carbocycles. The quantitative estimate of drug-likeness (QED) is 0.491. The van der Waals surface area contributed by atoms with E-state index in [2.05, 4.69) is 15.5 Å². The Labute approximate surface area is 122 Å². The topological polar surface area (TPSA) is 100 Å². The number of aromatic nitrogens is 3. The molecule has 0 aromatic carbocycles. The Kier molecular flexibility index (Phi) is 5.82. The van der Waals surface area contributed by atoms with Crippen LogP contribution >= 0.6 is 11.8 Å². The van der Waals surface area contributed by atoms with E-state index in [0.29, 0.717) is 23.8 Å². The Morgan fingerprint density at radius 2 is 2.25 bits per heavy atom. The number of rotatable bonds is 8. The second kappa shape index (κ2) is 6.94. The van der Waals surface area contributed by atoms with E-state index < -0.39 is 11.5 Å². The summed E-state index contributed by atoms with van der Waals surface area (Å²) < 4.78 is 1.60. The van der Waals surface area contributed by atoms with Crippen molar-refractivity contribution in [3.8, 4) is 0 Å². The lowest BCUT2D eigenvalue weighted by atomic mass is 9.97. The molecule has 0 bridgehead atoms. The number of nitrogens with one attached hydrogen (secondary N) is 2. The van der Waals surface area contributed by atoms with Crippen molar-refractivity contribution < 1.29 is 9.90 Å². The maximum absolute atomic E-state index is 11.6. The van der Waals surface area contributed by atoms with Crippen LogP contribution in [0.3, 0.4) is 0 Å². The van der Waals surface area contributed by atoms with E-state index in [4.69, 9.17) is 5.11 Å². The van der Waals surface area contributed by atoms with Gasteiger partial charge in [-0.3, -0.25) is 9.36 Å². The SMILES string of the molecule is CNC(C)(CCCSc1n[nH]c(=O)n1C(C)C)C(=O)O. The van der Waals surface area contributed by atoms with E-state index in [1.807, 2.05) is 13.8 Å². The second-order valence-corrected chi connectivity index (χ2v) is 6.18. The molecule has 0 amide bonds. The molecular weight excluding hydrogens is 280 g/mol. The molecule has 114 valence electrons.